The number of nitrogens with zero attached hydrogens (tertiary/aromatic N) is 2. The number of anilines is 1. The van der Waals surface area contributed by atoms with Crippen molar-refractivity contribution in [3.05, 3.63) is 29.6 Å². The lowest BCUT2D eigenvalue weighted by molar-refractivity contribution is -0.122. The van der Waals surface area contributed by atoms with E-state index in [2.05, 4.69) is 20.9 Å². The van der Waals surface area contributed by atoms with Crippen LogP contribution in [0.1, 0.15) is 39.2 Å². The molecule has 1 aliphatic rings. The Hall–Kier alpha value is -2.31. The fourth-order valence-corrected chi connectivity index (χ4v) is 3.01. The highest BCUT2D eigenvalue weighted by Gasteiger charge is 2.18. The van der Waals surface area contributed by atoms with Gasteiger partial charge in [0.05, 0.1) is 12.2 Å². The van der Waals surface area contributed by atoms with E-state index in [1.807, 2.05) is 37.8 Å². The maximum absolute atomic E-state index is 14.4. The van der Waals surface area contributed by atoms with Crippen molar-refractivity contribution >= 4 is 17.6 Å². The van der Waals surface area contributed by atoms with E-state index in [-0.39, 0.29) is 17.8 Å². The van der Waals surface area contributed by atoms with Gasteiger partial charge in [-0.05, 0) is 44.9 Å². The summed E-state index contributed by atoms with van der Waals surface area (Å²) in [6.45, 7) is 9.31. The highest BCUT2D eigenvalue weighted by Crippen LogP contribution is 2.20. The van der Waals surface area contributed by atoms with Gasteiger partial charge in [0.1, 0.15) is 5.82 Å². The Balaban J connectivity index is 2.02. The Bertz CT molecular complexity index is 620. The highest BCUT2D eigenvalue weighted by atomic mass is 19.1. The zero-order valence-corrected chi connectivity index (χ0v) is 15.9. The zero-order valence-electron chi connectivity index (χ0n) is 15.9. The number of halogens is 1. The van der Waals surface area contributed by atoms with Crippen LogP contribution in [0, 0.1) is 5.82 Å². The molecule has 6 nitrogen and oxygen atoms in total. The predicted octanol–water partition coefficient (Wildman–Crippen LogP) is 2.01. The van der Waals surface area contributed by atoms with Gasteiger partial charge in [-0.3, -0.25) is 4.79 Å². The van der Waals surface area contributed by atoms with Crippen LogP contribution in [0.2, 0.25) is 0 Å². The summed E-state index contributed by atoms with van der Waals surface area (Å²) in [5, 5.41) is 9.38. The predicted molar refractivity (Wildman–Crippen MR) is 104 cm³/mol. The summed E-state index contributed by atoms with van der Waals surface area (Å²) >= 11 is 0. The molecule has 3 N–H and O–H groups in total. The van der Waals surface area contributed by atoms with E-state index in [9.17, 15) is 9.18 Å². The average molecular weight is 363 g/mol. The molecule has 1 aromatic carbocycles. The molecule has 0 spiro atoms. The number of rotatable bonds is 7. The Morgan fingerprint density at radius 3 is 2.69 bits per heavy atom. The van der Waals surface area contributed by atoms with Crippen LogP contribution in [0.3, 0.4) is 0 Å². The number of carbonyl (C=O) groups excluding carboxylic acids is 1. The van der Waals surface area contributed by atoms with Crippen molar-refractivity contribution in [2.75, 3.05) is 31.1 Å². The molecule has 0 bridgehead atoms. The van der Waals surface area contributed by atoms with Crippen LogP contribution in [-0.2, 0) is 11.3 Å². The molecule has 2 rings (SSSR count). The number of benzene rings is 1. The van der Waals surface area contributed by atoms with E-state index < -0.39 is 0 Å². The molecule has 0 aliphatic carbocycles. The van der Waals surface area contributed by atoms with Gasteiger partial charge < -0.3 is 20.9 Å². The summed E-state index contributed by atoms with van der Waals surface area (Å²) < 4.78 is 14.4. The lowest BCUT2D eigenvalue weighted by Crippen LogP contribution is -2.51. The van der Waals surface area contributed by atoms with Crippen molar-refractivity contribution in [2.24, 2.45) is 4.99 Å². The van der Waals surface area contributed by atoms with Gasteiger partial charge >= 0.3 is 0 Å². The number of amides is 1. The fourth-order valence-electron chi connectivity index (χ4n) is 3.01. The molecular formula is C19H30FN5O. The van der Waals surface area contributed by atoms with E-state index in [4.69, 9.17) is 0 Å². The van der Waals surface area contributed by atoms with E-state index in [1.54, 1.807) is 6.07 Å². The lowest BCUT2D eigenvalue weighted by atomic mass is 10.1. The number of aliphatic imine (C=N–C) groups is 1. The molecule has 1 unspecified atom stereocenters. The second-order valence-corrected chi connectivity index (χ2v) is 6.34. The summed E-state index contributed by atoms with van der Waals surface area (Å²) in [5.74, 6) is 0.560. The highest BCUT2D eigenvalue weighted by molar-refractivity contribution is 5.81. The van der Waals surface area contributed by atoms with Crippen LogP contribution in [0.15, 0.2) is 23.2 Å². The van der Waals surface area contributed by atoms with Crippen molar-refractivity contribution < 1.29 is 9.18 Å². The third-order valence-corrected chi connectivity index (χ3v) is 4.49. The van der Waals surface area contributed by atoms with Crippen molar-refractivity contribution in [3.8, 4) is 0 Å². The Labute approximate surface area is 155 Å². The van der Waals surface area contributed by atoms with Crippen molar-refractivity contribution in [1.29, 1.82) is 0 Å². The summed E-state index contributed by atoms with van der Waals surface area (Å²) in [6, 6.07) is 5.46. The van der Waals surface area contributed by atoms with Crippen molar-refractivity contribution in [3.63, 3.8) is 0 Å². The van der Waals surface area contributed by atoms with Crippen LogP contribution >= 0.6 is 0 Å². The first-order chi connectivity index (χ1) is 12.6. The Morgan fingerprint density at radius 2 is 2.12 bits per heavy atom. The smallest absolute Gasteiger partial charge is 0.220 e. The topological polar surface area (TPSA) is 68.8 Å². The van der Waals surface area contributed by atoms with Crippen LogP contribution in [-0.4, -0.2) is 44.1 Å². The van der Waals surface area contributed by atoms with Crippen LogP contribution in [0.4, 0.5) is 10.1 Å². The zero-order chi connectivity index (χ0) is 18.9. The van der Waals surface area contributed by atoms with Gasteiger partial charge in [-0.25, -0.2) is 9.38 Å². The first kappa shape index (κ1) is 20.0. The maximum Gasteiger partial charge on any atom is 0.220 e. The minimum absolute atomic E-state index is 0.0914. The van der Waals surface area contributed by atoms with Gasteiger partial charge in [0.15, 0.2) is 5.96 Å². The van der Waals surface area contributed by atoms with E-state index in [0.29, 0.717) is 31.2 Å². The summed E-state index contributed by atoms with van der Waals surface area (Å²) in [4.78, 5) is 17.8. The van der Waals surface area contributed by atoms with Gasteiger partial charge in [-0.2, -0.15) is 0 Å². The second-order valence-electron chi connectivity index (χ2n) is 6.34. The number of piperidine rings is 1. The summed E-state index contributed by atoms with van der Waals surface area (Å²) in [5.41, 5.74) is 1.46. The maximum atomic E-state index is 14.4. The number of guanidine groups is 1. The standard InChI is InChI=1S/C19H30FN5O/c1-4-21-19(24-15-8-10-18(26)22-13-15)23-12-14-7-9-17(16(20)11-14)25(5-2)6-3/h7,9,11,15H,4-6,8,10,12-13H2,1-3H3,(H,22,26)(H2,21,23,24). The number of hydrogen-bond acceptors (Lipinski definition) is 3. The third kappa shape index (κ3) is 5.61. The Morgan fingerprint density at radius 1 is 1.35 bits per heavy atom. The molecule has 0 radical (unpaired) electrons. The molecule has 0 aromatic heterocycles. The molecular weight excluding hydrogens is 333 g/mol. The third-order valence-electron chi connectivity index (χ3n) is 4.49. The van der Waals surface area contributed by atoms with E-state index >= 15 is 0 Å². The van der Waals surface area contributed by atoms with Crippen molar-refractivity contribution in [1.82, 2.24) is 16.0 Å². The van der Waals surface area contributed by atoms with Gasteiger partial charge in [0.25, 0.3) is 0 Å². The minimum Gasteiger partial charge on any atom is -0.370 e. The second kappa shape index (κ2) is 9.99. The quantitative estimate of drug-likeness (QED) is 0.512. The summed E-state index contributed by atoms with van der Waals surface area (Å²) in [6.07, 6.45) is 1.30. The first-order valence-electron chi connectivity index (χ1n) is 9.42. The van der Waals surface area contributed by atoms with Gasteiger partial charge in [-0.15, -0.1) is 0 Å². The molecule has 1 heterocycles. The van der Waals surface area contributed by atoms with Crippen LogP contribution in [0.25, 0.3) is 0 Å². The molecule has 1 amide bonds. The number of hydrogen-bond donors (Lipinski definition) is 3. The fraction of sp³-hybridized carbons (Fsp3) is 0.579. The minimum atomic E-state index is -0.214. The SMILES string of the molecule is CCNC(=NCc1ccc(N(CC)CC)c(F)c1)NC1CCC(=O)NC1. The monoisotopic (exact) mass is 363 g/mol. The molecule has 26 heavy (non-hydrogen) atoms. The van der Waals surface area contributed by atoms with Gasteiger partial charge in [0.2, 0.25) is 5.91 Å². The summed E-state index contributed by atoms with van der Waals surface area (Å²) in [7, 11) is 0. The average Bonchev–Trinajstić information content (AvgIpc) is 2.64. The van der Waals surface area contributed by atoms with Crippen molar-refractivity contribution in [2.45, 2.75) is 46.2 Å². The molecule has 1 aromatic rings. The van der Waals surface area contributed by atoms with Gasteiger partial charge in [0, 0.05) is 38.6 Å². The van der Waals surface area contributed by atoms with E-state index in [0.717, 1.165) is 31.6 Å². The molecule has 144 valence electrons. The largest absolute Gasteiger partial charge is 0.370 e. The molecule has 7 heteroatoms. The molecule has 0 saturated carbocycles. The molecule has 1 fully saturated rings. The normalized spacial score (nSPS) is 17.6. The lowest BCUT2D eigenvalue weighted by Gasteiger charge is -2.25. The number of carbonyl (C=O) groups is 1. The number of nitrogens with one attached hydrogen (secondary N) is 3. The van der Waals surface area contributed by atoms with Crippen LogP contribution < -0.4 is 20.9 Å². The molecule has 1 atom stereocenters. The van der Waals surface area contributed by atoms with E-state index in [1.165, 1.54) is 0 Å². The first-order valence-corrected chi connectivity index (χ1v) is 9.42. The van der Waals surface area contributed by atoms with Gasteiger partial charge in [-0.1, -0.05) is 6.07 Å². The molecule has 1 aliphatic heterocycles. The van der Waals surface area contributed by atoms with Crippen LogP contribution in [0.5, 0.6) is 0 Å². The Kier molecular flexibility index (Phi) is 7.69. The molecule has 1 saturated heterocycles.